The molecule has 0 aromatic heterocycles. The van der Waals surface area contributed by atoms with E-state index < -0.39 is 47.4 Å². The Hall–Kier alpha value is -4.07. The summed E-state index contributed by atoms with van der Waals surface area (Å²) >= 11 is 0. The van der Waals surface area contributed by atoms with Crippen molar-refractivity contribution in [3.8, 4) is 17.6 Å². The number of carbonyl (C=O) groups excluding carboxylic acids is 1. The fourth-order valence-electron chi connectivity index (χ4n) is 4.14. The molecule has 11 heteroatoms. The van der Waals surface area contributed by atoms with E-state index >= 15 is 0 Å². The Kier molecular flexibility index (Phi) is 6.39. The summed E-state index contributed by atoms with van der Waals surface area (Å²) in [4.78, 5) is 12.7. The van der Waals surface area contributed by atoms with Gasteiger partial charge in [-0.15, -0.1) is 0 Å². The molecule has 0 saturated carbocycles. The maximum absolute atomic E-state index is 14.0. The molecule has 1 aliphatic carbocycles. The highest BCUT2D eigenvalue weighted by Crippen LogP contribution is 2.44. The van der Waals surface area contributed by atoms with Crippen molar-refractivity contribution in [2.24, 2.45) is 5.73 Å². The lowest BCUT2D eigenvalue weighted by Crippen LogP contribution is -2.27. The van der Waals surface area contributed by atoms with Crippen LogP contribution in [0.1, 0.15) is 36.3 Å². The summed E-state index contributed by atoms with van der Waals surface area (Å²) in [5.41, 5.74) is 6.75. The number of allylic oxidation sites excluding steroid dienone is 3. The third-order valence-corrected chi connectivity index (χ3v) is 5.78. The summed E-state index contributed by atoms with van der Waals surface area (Å²) in [5.74, 6) is -13.0. The zero-order valence-electron chi connectivity index (χ0n) is 18.2. The van der Waals surface area contributed by atoms with Crippen molar-refractivity contribution in [2.45, 2.75) is 31.8 Å². The average Bonchev–Trinajstić information content (AvgIpc) is 2.85. The van der Waals surface area contributed by atoms with E-state index in [-0.39, 0.29) is 40.5 Å². The zero-order chi connectivity index (χ0) is 25.4. The molecule has 2 aliphatic rings. The molecule has 0 fully saturated rings. The number of nitriles is 1. The van der Waals surface area contributed by atoms with Gasteiger partial charge in [0.25, 0.3) is 0 Å². The van der Waals surface area contributed by atoms with E-state index in [1.165, 1.54) is 19.2 Å². The Balaban J connectivity index is 1.76. The van der Waals surface area contributed by atoms with E-state index in [9.17, 15) is 32.0 Å². The lowest BCUT2D eigenvalue weighted by molar-refractivity contribution is -0.116. The topological polar surface area (TPSA) is 94.6 Å². The predicted octanol–water partition coefficient (Wildman–Crippen LogP) is 4.78. The predicted molar refractivity (Wildman–Crippen MR) is 110 cm³/mol. The summed E-state index contributed by atoms with van der Waals surface area (Å²) in [6.07, 6.45) is 1.26. The minimum Gasteiger partial charge on any atom is -0.496 e. The standard InChI is InChI=1S/C24H17F5N2O4/c1-33-14-6-5-10(16-12(8-30)24(31)35-15-4-2-3-13(32)17(15)16)7-11(14)9-34-23-21(28)19(26)18(25)20(27)22(23)29/h5-7,16H,2-4,9,31H2,1H3/t16-/m1/s1. The molecule has 35 heavy (non-hydrogen) atoms. The van der Waals surface area contributed by atoms with Crippen LogP contribution in [0.3, 0.4) is 0 Å². The maximum atomic E-state index is 14.0. The van der Waals surface area contributed by atoms with E-state index in [2.05, 4.69) is 0 Å². The minimum absolute atomic E-state index is 0.00389. The lowest BCUT2D eigenvalue weighted by Gasteiger charge is -2.31. The zero-order valence-corrected chi connectivity index (χ0v) is 18.2. The first-order valence-corrected chi connectivity index (χ1v) is 10.3. The van der Waals surface area contributed by atoms with Crippen molar-refractivity contribution in [2.75, 3.05) is 7.11 Å². The molecule has 1 heterocycles. The number of ketones is 1. The average molecular weight is 492 g/mol. The van der Waals surface area contributed by atoms with Gasteiger partial charge in [0.1, 0.15) is 29.8 Å². The molecule has 0 radical (unpaired) electrons. The molecule has 4 rings (SSSR count). The molecule has 182 valence electrons. The second-order valence-electron chi connectivity index (χ2n) is 7.80. The first-order chi connectivity index (χ1) is 16.7. The summed E-state index contributed by atoms with van der Waals surface area (Å²) < 4.78 is 84.2. The van der Waals surface area contributed by atoms with E-state index in [1.807, 2.05) is 6.07 Å². The third kappa shape index (κ3) is 4.05. The minimum atomic E-state index is -2.30. The fraction of sp³-hybridized carbons (Fsp3) is 0.250. The molecule has 1 aliphatic heterocycles. The number of Topliss-reactive ketones (excluding diaryl/α,β-unsaturated/α-hetero) is 1. The van der Waals surface area contributed by atoms with Crippen molar-refractivity contribution in [3.63, 3.8) is 0 Å². The molecular formula is C24H17F5N2O4. The number of nitrogens with zero attached hydrogens (tertiary/aromatic N) is 1. The smallest absolute Gasteiger partial charge is 0.207 e. The first-order valence-electron chi connectivity index (χ1n) is 10.3. The number of carbonyl (C=O) groups is 1. The van der Waals surface area contributed by atoms with Crippen LogP contribution in [-0.4, -0.2) is 12.9 Å². The van der Waals surface area contributed by atoms with Crippen molar-refractivity contribution in [1.29, 1.82) is 5.26 Å². The number of methoxy groups -OCH3 is 1. The van der Waals surface area contributed by atoms with Crippen LogP contribution in [0.25, 0.3) is 0 Å². The number of ether oxygens (including phenoxy) is 3. The van der Waals surface area contributed by atoms with Crippen LogP contribution in [0.5, 0.6) is 11.5 Å². The monoisotopic (exact) mass is 492 g/mol. The Morgan fingerprint density at radius 3 is 2.37 bits per heavy atom. The van der Waals surface area contributed by atoms with Crippen LogP contribution < -0.4 is 15.2 Å². The largest absolute Gasteiger partial charge is 0.496 e. The van der Waals surface area contributed by atoms with Crippen LogP contribution in [0.4, 0.5) is 22.0 Å². The van der Waals surface area contributed by atoms with Crippen LogP contribution in [0.2, 0.25) is 0 Å². The molecule has 0 unspecified atom stereocenters. The first kappa shape index (κ1) is 24.1. The van der Waals surface area contributed by atoms with Gasteiger partial charge in [-0.3, -0.25) is 4.79 Å². The molecule has 0 bridgehead atoms. The second kappa shape index (κ2) is 9.29. The Labute approximate surface area is 196 Å². The normalized spacial score (nSPS) is 17.6. The van der Waals surface area contributed by atoms with Crippen LogP contribution >= 0.6 is 0 Å². The number of hydrogen-bond acceptors (Lipinski definition) is 6. The molecular weight excluding hydrogens is 475 g/mol. The van der Waals surface area contributed by atoms with Crippen LogP contribution in [-0.2, 0) is 16.1 Å². The second-order valence-corrected chi connectivity index (χ2v) is 7.80. The SMILES string of the molecule is COc1ccc([C@@H]2C(C#N)=C(N)OC3=C2C(=O)CCC3)cc1COc1c(F)c(F)c(F)c(F)c1F. The summed E-state index contributed by atoms with van der Waals surface area (Å²) in [5, 5.41) is 9.69. The molecule has 0 amide bonds. The Bertz CT molecular complexity index is 1320. The molecule has 2 aromatic rings. The van der Waals surface area contributed by atoms with Crippen LogP contribution in [0.15, 0.2) is 41.0 Å². The molecule has 2 N–H and O–H groups in total. The van der Waals surface area contributed by atoms with Gasteiger partial charge < -0.3 is 19.9 Å². The van der Waals surface area contributed by atoms with E-state index in [0.29, 0.717) is 24.2 Å². The quantitative estimate of drug-likeness (QED) is 0.367. The molecule has 6 nitrogen and oxygen atoms in total. The summed E-state index contributed by atoms with van der Waals surface area (Å²) in [6, 6.07) is 6.42. The molecule has 0 saturated heterocycles. The van der Waals surface area contributed by atoms with Gasteiger partial charge in [-0.2, -0.15) is 14.0 Å². The molecule has 2 aromatic carbocycles. The number of hydrogen-bond donors (Lipinski definition) is 1. The third-order valence-electron chi connectivity index (χ3n) is 5.78. The van der Waals surface area contributed by atoms with Gasteiger partial charge in [-0.1, -0.05) is 6.07 Å². The van der Waals surface area contributed by atoms with Gasteiger partial charge in [0, 0.05) is 24.0 Å². The molecule has 0 spiro atoms. The summed E-state index contributed by atoms with van der Waals surface area (Å²) in [6.45, 7) is -0.653. The van der Waals surface area contributed by atoms with Crippen molar-refractivity contribution >= 4 is 5.78 Å². The van der Waals surface area contributed by atoms with Gasteiger partial charge >= 0.3 is 0 Å². The number of benzene rings is 2. The highest BCUT2D eigenvalue weighted by Gasteiger charge is 2.38. The van der Waals surface area contributed by atoms with E-state index in [1.54, 1.807) is 6.07 Å². The highest BCUT2D eigenvalue weighted by molar-refractivity contribution is 5.99. The maximum Gasteiger partial charge on any atom is 0.207 e. The highest BCUT2D eigenvalue weighted by atomic mass is 19.2. The van der Waals surface area contributed by atoms with Crippen molar-refractivity contribution in [3.05, 3.63) is 81.2 Å². The Morgan fingerprint density at radius 2 is 1.74 bits per heavy atom. The van der Waals surface area contributed by atoms with Crippen LogP contribution in [0, 0.1) is 40.4 Å². The Morgan fingerprint density at radius 1 is 1.09 bits per heavy atom. The number of halogens is 5. The van der Waals surface area contributed by atoms with Gasteiger partial charge in [0.05, 0.1) is 13.0 Å². The number of nitrogens with two attached hydrogens (primary N) is 1. The van der Waals surface area contributed by atoms with E-state index in [4.69, 9.17) is 19.9 Å². The number of rotatable bonds is 5. The van der Waals surface area contributed by atoms with Gasteiger partial charge in [-0.25, -0.2) is 13.2 Å². The van der Waals surface area contributed by atoms with Gasteiger partial charge in [0.2, 0.25) is 35.0 Å². The molecule has 1 atom stereocenters. The summed E-state index contributed by atoms with van der Waals surface area (Å²) in [7, 11) is 1.30. The lowest BCUT2D eigenvalue weighted by atomic mass is 9.77. The van der Waals surface area contributed by atoms with Crippen molar-refractivity contribution in [1.82, 2.24) is 0 Å². The van der Waals surface area contributed by atoms with Crippen molar-refractivity contribution < 1.29 is 41.0 Å². The van der Waals surface area contributed by atoms with Gasteiger partial charge in [-0.05, 0) is 24.1 Å². The van der Waals surface area contributed by atoms with Gasteiger partial charge in [0.15, 0.2) is 11.5 Å². The van der Waals surface area contributed by atoms with E-state index in [0.717, 1.165) is 0 Å². The fourth-order valence-corrected chi connectivity index (χ4v) is 4.14.